The fourth-order valence-corrected chi connectivity index (χ4v) is 4.55. The van der Waals surface area contributed by atoms with Crippen LogP contribution in [0.1, 0.15) is 52.1 Å². The minimum absolute atomic E-state index is 0.00255. The number of hydrogen-bond acceptors (Lipinski definition) is 5. The largest absolute Gasteiger partial charge is 0.381 e. The number of aliphatic imine (C=N–C) groups is 1. The second-order valence-electron chi connectivity index (χ2n) is 9.63. The van der Waals surface area contributed by atoms with Gasteiger partial charge in [0.1, 0.15) is 0 Å². The zero-order valence-corrected chi connectivity index (χ0v) is 20.5. The fourth-order valence-electron chi connectivity index (χ4n) is 4.55. The molecule has 1 aromatic rings. The van der Waals surface area contributed by atoms with E-state index in [0.717, 1.165) is 78.0 Å². The third kappa shape index (κ3) is 7.17. The van der Waals surface area contributed by atoms with Gasteiger partial charge >= 0.3 is 0 Å². The van der Waals surface area contributed by atoms with E-state index < -0.39 is 0 Å². The summed E-state index contributed by atoms with van der Waals surface area (Å²) in [4.78, 5) is 7.44. The summed E-state index contributed by atoms with van der Waals surface area (Å²) >= 11 is 0. The summed E-state index contributed by atoms with van der Waals surface area (Å²) in [5, 5.41) is 11.0. The molecule has 0 aliphatic carbocycles. The number of rotatable bonds is 9. The van der Waals surface area contributed by atoms with Crippen molar-refractivity contribution in [2.45, 2.75) is 57.7 Å². The molecule has 1 unspecified atom stereocenters. The zero-order valence-electron chi connectivity index (χ0n) is 20.5. The first-order chi connectivity index (χ1) is 15.4. The van der Waals surface area contributed by atoms with Gasteiger partial charge in [0.25, 0.3) is 0 Å². The number of benzene rings is 1. The lowest BCUT2D eigenvalue weighted by Gasteiger charge is -2.41. The Labute approximate surface area is 194 Å². The first-order valence-electron chi connectivity index (χ1n) is 12.2. The highest BCUT2D eigenvalue weighted by Gasteiger charge is 2.34. The average molecular weight is 446 g/mol. The Hall–Kier alpha value is -1.67. The molecule has 0 radical (unpaired) electrons. The number of morpholine rings is 1. The lowest BCUT2D eigenvalue weighted by molar-refractivity contribution is -0.00685. The molecule has 7 heteroatoms. The molecule has 3 N–H and O–H groups in total. The predicted octanol–water partition coefficient (Wildman–Crippen LogP) is 2.55. The third-order valence-electron chi connectivity index (χ3n) is 6.70. The molecule has 0 saturated carbocycles. The van der Waals surface area contributed by atoms with E-state index in [9.17, 15) is 0 Å². The second kappa shape index (κ2) is 12.0. The number of ether oxygens (including phenoxy) is 2. The third-order valence-corrected chi connectivity index (χ3v) is 6.70. The van der Waals surface area contributed by atoms with Gasteiger partial charge in [-0.05, 0) is 46.1 Å². The highest BCUT2D eigenvalue weighted by Crippen LogP contribution is 2.25. The van der Waals surface area contributed by atoms with Crippen LogP contribution in [0.5, 0.6) is 0 Å². The van der Waals surface area contributed by atoms with Gasteiger partial charge in [-0.2, -0.15) is 0 Å². The SMILES string of the molecule is CCNC(=NCC(C)(C)N1CCOCC1)NCC1(NC(C)c2ccccc2)CCOCC1. The van der Waals surface area contributed by atoms with Crippen LogP contribution in [0.3, 0.4) is 0 Å². The van der Waals surface area contributed by atoms with E-state index in [1.165, 1.54) is 5.56 Å². The Morgan fingerprint density at radius 2 is 1.72 bits per heavy atom. The summed E-state index contributed by atoms with van der Waals surface area (Å²) in [6.45, 7) is 16.4. The van der Waals surface area contributed by atoms with E-state index >= 15 is 0 Å². The van der Waals surface area contributed by atoms with E-state index in [1.807, 2.05) is 0 Å². The van der Waals surface area contributed by atoms with Gasteiger partial charge in [-0.25, -0.2) is 0 Å². The molecule has 0 amide bonds. The van der Waals surface area contributed by atoms with E-state index in [0.29, 0.717) is 0 Å². The van der Waals surface area contributed by atoms with Gasteiger partial charge in [-0.15, -0.1) is 0 Å². The van der Waals surface area contributed by atoms with Crippen molar-refractivity contribution >= 4 is 5.96 Å². The molecule has 180 valence electrons. The molecule has 2 fully saturated rings. The van der Waals surface area contributed by atoms with Crippen LogP contribution < -0.4 is 16.0 Å². The maximum atomic E-state index is 5.70. The molecule has 1 atom stereocenters. The molecular formula is C25H43N5O2. The van der Waals surface area contributed by atoms with Gasteiger partial charge in [0.2, 0.25) is 0 Å². The molecule has 7 nitrogen and oxygen atoms in total. The Bertz CT molecular complexity index is 698. The van der Waals surface area contributed by atoms with Crippen molar-refractivity contribution in [2.24, 2.45) is 4.99 Å². The molecule has 1 aromatic carbocycles. The highest BCUT2D eigenvalue weighted by molar-refractivity contribution is 5.79. The molecule has 2 heterocycles. The number of nitrogens with zero attached hydrogens (tertiary/aromatic N) is 2. The van der Waals surface area contributed by atoms with Crippen molar-refractivity contribution in [2.75, 3.05) is 59.2 Å². The monoisotopic (exact) mass is 445 g/mol. The van der Waals surface area contributed by atoms with Crippen molar-refractivity contribution < 1.29 is 9.47 Å². The smallest absolute Gasteiger partial charge is 0.191 e. The van der Waals surface area contributed by atoms with Crippen molar-refractivity contribution in [1.82, 2.24) is 20.9 Å². The van der Waals surface area contributed by atoms with Gasteiger partial charge < -0.3 is 25.4 Å². The Balaban J connectivity index is 1.64. The molecule has 2 aliphatic rings. The van der Waals surface area contributed by atoms with Crippen LogP contribution in [0.4, 0.5) is 0 Å². The van der Waals surface area contributed by atoms with Crippen LogP contribution in [0.2, 0.25) is 0 Å². The molecule has 0 aromatic heterocycles. The van der Waals surface area contributed by atoms with Gasteiger partial charge in [0, 0.05) is 56.5 Å². The summed E-state index contributed by atoms with van der Waals surface area (Å²) in [6.07, 6.45) is 1.96. The summed E-state index contributed by atoms with van der Waals surface area (Å²) < 4.78 is 11.2. The fraction of sp³-hybridized carbons (Fsp3) is 0.720. The summed E-state index contributed by atoms with van der Waals surface area (Å²) in [5.74, 6) is 0.883. The molecule has 2 aliphatic heterocycles. The minimum Gasteiger partial charge on any atom is -0.381 e. The van der Waals surface area contributed by atoms with E-state index in [1.54, 1.807) is 0 Å². The normalized spacial score (nSPS) is 21.2. The van der Waals surface area contributed by atoms with Gasteiger partial charge in [0.05, 0.1) is 19.8 Å². The highest BCUT2D eigenvalue weighted by atomic mass is 16.5. The number of guanidine groups is 1. The number of hydrogen-bond donors (Lipinski definition) is 3. The quantitative estimate of drug-likeness (QED) is 0.401. The van der Waals surface area contributed by atoms with Gasteiger partial charge in [-0.3, -0.25) is 9.89 Å². The first-order valence-corrected chi connectivity index (χ1v) is 12.2. The van der Waals surface area contributed by atoms with Crippen LogP contribution in [0, 0.1) is 0 Å². The first kappa shape index (κ1) is 25.0. The summed E-state index contributed by atoms with van der Waals surface area (Å²) in [7, 11) is 0. The summed E-state index contributed by atoms with van der Waals surface area (Å²) in [6, 6.07) is 10.9. The number of nitrogens with one attached hydrogen (secondary N) is 3. The Morgan fingerprint density at radius 3 is 2.38 bits per heavy atom. The molecule has 32 heavy (non-hydrogen) atoms. The molecule has 0 spiro atoms. The lowest BCUT2D eigenvalue weighted by Crippen LogP contribution is -2.58. The Kier molecular flexibility index (Phi) is 9.34. The molecule has 3 rings (SSSR count). The van der Waals surface area contributed by atoms with Crippen LogP contribution in [0.25, 0.3) is 0 Å². The maximum absolute atomic E-state index is 5.70. The van der Waals surface area contributed by atoms with E-state index in [-0.39, 0.29) is 17.1 Å². The van der Waals surface area contributed by atoms with Crippen LogP contribution in [-0.2, 0) is 9.47 Å². The minimum atomic E-state index is -0.0244. The second-order valence-corrected chi connectivity index (χ2v) is 9.63. The average Bonchev–Trinajstić information content (AvgIpc) is 2.82. The van der Waals surface area contributed by atoms with Crippen molar-refractivity contribution in [1.29, 1.82) is 0 Å². The zero-order chi connectivity index (χ0) is 22.9. The maximum Gasteiger partial charge on any atom is 0.191 e. The Morgan fingerprint density at radius 1 is 1.06 bits per heavy atom. The van der Waals surface area contributed by atoms with Gasteiger partial charge in [-0.1, -0.05) is 30.3 Å². The molecule has 0 bridgehead atoms. The van der Waals surface area contributed by atoms with Crippen LogP contribution in [-0.4, -0.2) is 81.1 Å². The predicted molar refractivity (Wildman–Crippen MR) is 131 cm³/mol. The lowest BCUT2D eigenvalue weighted by atomic mass is 9.88. The van der Waals surface area contributed by atoms with Crippen molar-refractivity contribution in [3.63, 3.8) is 0 Å². The van der Waals surface area contributed by atoms with Crippen LogP contribution in [0.15, 0.2) is 35.3 Å². The van der Waals surface area contributed by atoms with Crippen molar-refractivity contribution in [3.8, 4) is 0 Å². The molecule has 2 saturated heterocycles. The van der Waals surface area contributed by atoms with E-state index in [2.05, 4.69) is 78.9 Å². The topological polar surface area (TPSA) is 70.2 Å². The van der Waals surface area contributed by atoms with Crippen molar-refractivity contribution in [3.05, 3.63) is 35.9 Å². The molecular weight excluding hydrogens is 402 g/mol. The van der Waals surface area contributed by atoms with Gasteiger partial charge in [0.15, 0.2) is 5.96 Å². The van der Waals surface area contributed by atoms with Crippen LogP contribution >= 0.6 is 0 Å². The standard InChI is InChI=1S/C25H43N5O2/c1-5-26-23(27-19-24(3,4)30-13-17-32-18-14-30)28-20-25(11-15-31-16-12-25)29-21(2)22-9-7-6-8-10-22/h6-10,21,29H,5,11-20H2,1-4H3,(H2,26,27,28). The summed E-state index contributed by atoms with van der Waals surface area (Å²) in [5.41, 5.74) is 1.29. The van der Waals surface area contributed by atoms with E-state index in [4.69, 9.17) is 14.5 Å².